The molecular formula is C17H19FN4. The van der Waals surface area contributed by atoms with Gasteiger partial charge in [-0.2, -0.15) is 0 Å². The zero-order valence-electron chi connectivity index (χ0n) is 13.0. The molecule has 1 N–H and O–H groups in total. The fourth-order valence-corrected chi connectivity index (χ4v) is 2.77. The maximum Gasteiger partial charge on any atom is 0.129 e. The molecule has 3 rings (SSSR count). The SMILES string of the molecule is Cc1nccc(NCCn2c(C)cc3c(C)cc(F)cc32)n1. The van der Waals surface area contributed by atoms with Gasteiger partial charge in [0.2, 0.25) is 0 Å². The molecule has 114 valence electrons. The minimum absolute atomic E-state index is 0.191. The molecule has 0 atom stereocenters. The predicted octanol–water partition coefficient (Wildman–Crippen LogP) is 3.61. The van der Waals surface area contributed by atoms with E-state index in [4.69, 9.17) is 0 Å². The molecule has 3 aromatic rings. The molecule has 0 saturated heterocycles. The second-order valence-electron chi connectivity index (χ2n) is 5.51. The number of benzene rings is 1. The Labute approximate surface area is 129 Å². The van der Waals surface area contributed by atoms with Crippen molar-refractivity contribution in [1.82, 2.24) is 14.5 Å². The molecular weight excluding hydrogens is 279 g/mol. The van der Waals surface area contributed by atoms with E-state index in [1.165, 1.54) is 0 Å². The van der Waals surface area contributed by atoms with Crippen LogP contribution in [0, 0.1) is 26.6 Å². The van der Waals surface area contributed by atoms with Crippen molar-refractivity contribution in [3.63, 3.8) is 0 Å². The Kier molecular flexibility index (Phi) is 3.79. The molecule has 5 heteroatoms. The number of nitrogens with zero attached hydrogens (tertiary/aromatic N) is 3. The van der Waals surface area contributed by atoms with Gasteiger partial charge in [0.05, 0.1) is 5.52 Å². The summed E-state index contributed by atoms with van der Waals surface area (Å²) in [6.07, 6.45) is 1.74. The molecule has 0 spiro atoms. The molecule has 0 fully saturated rings. The lowest BCUT2D eigenvalue weighted by Crippen LogP contribution is -2.12. The van der Waals surface area contributed by atoms with Crippen molar-refractivity contribution in [3.8, 4) is 0 Å². The van der Waals surface area contributed by atoms with Gasteiger partial charge in [0.1, 0.15) is 17.5 Å². The van der Waals surface area contributed by atoms with E-state index < -0.39 is 0 Å². The minimum Gasteiger partial charge on any atom is -0.368 e. The van der Waals surface area contributed by atoms with Crippen molar-refractivity contribution in [2.24, 2.45) is 0 Å². The third kappa shape index (κ3) is 2.79. The van der Waals surface area contributed by atoms with Crippen molar-refractivity contribution in [3.05, 3.63) is 53.4 Å². The molecule has 0 aliphatic carbocycles. The van der Waals surface area contributed by atoms with Crippen LogP contribution in [-0.2, 0) is 6.54 Å². The zero-order valence-corrected chi connectivity index (χ0v) is 13.0. The van der Waals surface area contributed by atoms with Gasteiger partial charge in [0.15, 0.2) is 0 Å². The highest BCUT2D eigenvalue weighted by molar-refractivity contribution is 5.84. The van der Waals surface area contributed by atoms with Gasteiger partial charge in [0, 0.05) is 30.4 Å². The van der Waals surface area contributed by atoms with Gasteiger partial charge in [-0.25, -0.2) is 14.4 Å². The van der Waals surface area contributed by atoms with E-state index in [1.807, 2.05) is 26.8 Å². The number of halogens is 1. The largest absolute Gasteiger partial charge is 0.368 e. The van der Waals surface area contributed by atoms with E-state index in [2.05, 4.69) is 25.9 Å². The average molecular weight is 298 g/mol. The van der Waals surface area contributed by atoms with E-state index in [0.717, 1.165) is 46.9 Å². The topological polar surface area (TPSA) is 42.7 Å². The second kappa shape index (κ2) is 5.75. The first kappa shape index (κ1) is 14.5. The third-order valence-corrected chi connectivity index (χ3v) is 3.82. The van der Waals surface area contributed by atoms with Crippen LogP contribution in [-0.4, -0.2) is 21.1 Å². The van der Waals surface area contributed by atoms with Crippen LogP contribution >= 0.6 is 0 Å². The molecule has 0 unspecified atom stereocenters. The van der Waals surface area contributed by atoms with Crippen LogP contribution in [0.3, 0.4) is 0 Å². The molecule has 0 radical (unpaired) electrons. The zero-order chi connectivity index (χ0) is 15.7. The lowest BCUT2D eigenvalue weighted by Gasteiger charge is -2.10. The second-order valence-corrected chi connectivity index (χ2v) is 5.51. The molecule has 0 aliphatic heterocycles. The molecule has 2 heterocycles. The molecule has 22 heavy (non-hydrogen) atoms. The highest BCUT2D eigenvalue weighted by atomic mass is 19.1. The van der Waals surface area contributed by atoms with Crippen LogP contribution in [0.1, 0.15) is 17.1 Å². The summed E-state index contributed by atoms with van der Waals surface area (Å²) in [7, 11) is 0. The molecule has 2 aromatic heterocycles. The van der Waals surface area contributed by atoms with E-state index in [-0.39, 0.29) is 5.82 Å². The number of fused-ring (bicyclic) bond motifs is 1. The van der Waals surface area contributed by atoms with Gasteiger partial charge in [-0.3, -0.25) is 0 Å². The summed E-state index contributed by atoms with van der Waals surface area (Å²) in [6.45, 7) is 7.32. The summed E-state index contributed by atoms with van der Waals surface area (Å²) in [6, 6.07) is 7.13. The number of aryl methyl sites for hydroxylation is 3. The predicted molar refractivity (Wildman–Crippen MR) is 86.6 cm³/mol. The molecule has 1 aromatic carbocycles. The summed E-state index contributed by atoms with van der Waals surface area (Å²) in [5.74, 6) is 1.36. The summed E-state index contributed by atoms with van der Waals surface area (Å²) in [5, 5.41) is 4.39. The Balaban J connectivity index is 1.80. The van der Waals surface area contributed by atoms with E-state index in [9.17, 15) is 4.39 Å². The third-order valence-electron chi connectivity index (χ3n) is 3.82. The normalized spacial score (nSPS) is 11.1. The van der Waals surface area contributed by atoms with Crippen LogP contribution in [0.15, 0.2) is 30.5 Å². The summed E-state index contributed by atoms with van der Waals surface area (Å²) < 4.78 is 15.8. The average Bonchev–Trinajstić information content (AvgIpc) is 2.76. The maximum absolute atomic E-state index is 13.7. The number of hydrogen-bond donors (Lipinski definition) is 1. The Bertz CT molecular complexity index is 823. The number of anilines is 1. The van der Waals surface area contributed by atoms with Crippen molar-refractivity contribution < 1.29 is 4.39 Å². The highest BCUT2D eigenvalue weighted by Gasteiger charge is 2.09. The highest BCUT2D eigenvalue weighted by Crippen LogP contribution is 2.24. The van der Waals surface area contributed by atoms with E-state index >= 15 is 0 Å². The summed E-state index contributed by atoms with van der Waals surface area (Å²) in [4.78, 5) is 8.39. The molecule has 0 aliphatic rings. The lowest BCUT2D eigenvalue weighted by atomic mass is 10.1. The summed E-state index contributed by atoms with van der Waals surface area (Å²) >= 11 is 0. The fraction of sp³-hybridized carbons (Fsp3) is 0.294. The smallest absolute Gasteiger partial charge is 0.129 e. The van der Waals surface area contributed by atoms with Crippen LogP contribution < -0.4 is 5.32 Å². The van der Waals surface area contributed by atoms with Crippen molar-refractivity contribution in [1.29, 1.82) is 0 Å². The lowest BCUT2D eigenvalue weighted by molar-refractivity contribution is 0.626. The Hall–Kier alpha value is -2.43. The van der Waals surface area contributed by atoms with E-state index in [0.29, 0.717) is 0 Å². The van der Waals surface area contributed by atoms with Gasteiger partial charge >= 0.3 is 0 Å². The Morgan fingerprint density at radius 2 is 2.00 bits per heavy atom. The van der Waals surface area contributed by atoms with Gasteiger partial charge in [0.25, 0.3) is 0 Å². The van der Waals surface area contributed by atoms with Crippen molar-refractivity contribution in [2.45, 2.75) is 27.3 Å². The minimum atomic E-state index is -0.191. The fourth-order valence-electron chi connectivity index (χ4n) is 2.77. The standard InChI is InChI=1S/C17H19FN4/c1-11-8-14(18)10-16-15(11)9-12(2)22(16)7-6-20-17-4-5-19-13(3)21-17/h4-5,8-10H,6-7H2,1-3H3,(H,19,20,21). The van der Waals surface area contributed by atoms with Crippen LogP contribution in [0.4, 0.5) is 10.2 Å². The number of rotatable bonds is 4. The van der Waals surface area contributed by atoms with Crippen molar-refractivity contribution in [2.75, 3.05) is 11.9 Å². The number of hydrogen-bond acceptors (Lipinski definition) is 3. The summed E-state index contributed by atoms with van der Waals surface area (Å²) in [5.41, 5.74) is 3.04. The van der Waals surface area contributed by atoms with Crippen LogP contribution in [0.2, 0.25) is 0 Å². The quantitative estimate of drug-likeness (QED) is 0.800. The van der Waals surface area contributed by atoms with Gasteiger partial charge < -0.3 is 9.88 Å². The number of nitrogens with one attached hydrogen (secondary N) is 1. The molecule has 0 saturated carbocycles. The molecule has 0 bridgehead atoms. The first-order chi connectivity index (χ1) is 10.5. The van der Waals surface area contributed by atoms with Gasteiger partial charge in [-0.1, -0.05) is 0 Å². The Morgan fingerprint density at radius 3 is 2.77 bits per heavy atom. The van der Waals surface area contributed by atoms with Crippen LogP contribution in [0.5, 0.6) is 0 Å². The molecule has 0 amide bonds. The maximum atomic E-state index is 13.7. The van der Waals surface area contributed by atoms with Gasteiger partial charge in [-0.15, -0.1) is 0 Å². The van der Waals surface area contributed by atoms with Gasteiger partial charge in [-0.05, 0) is 50.6 Å². The monoisotopic (exact) mass is 298 g/mol. The first-order valence-electron chi connectivity index (χ1n) is 7.34. The van der Waals surface area contributed by atoms with Crippen LogP contribution in [0.25, 0.3) is 10.9 Å². The number of aromatic nitrogens is 3. The van der Waals surface area contributed by atoms with E-state index in [1.54, 1.807) is 18.3 Å². The Morgan fingerprint density at radius 1 is 1.18 bits per heavy atom. The van der Waals surface area contributed by atoms with Crippen molar-refractivity contribution >= 4 is 16.7 Å². The first-order valence-corrected chi connectivity index (χ1v) is 7.34. The molecule has 4 nitrogen and oxygen atoms in total.